The van der Waals surface area contributed by atoms with E-state index in [1.165, 1.54) is 55.5 Å². The normalized spacial score (nSPS) is 12.4. The maximum atomic E-state index is 4.56. The third-order valence-corrected chi connectivity index (χ3v) is 9.31. The van der Waals surface area contributed by atoms with Crippen LogP contribution in [0, 0.1) is 0 Å². The molecule has 1 aliphatic carbocycles. The molecule has 240 valence electrons. The Morgan fingerprint density at radius 1 is 0.500 bits per heavy atom. The Bertz CT molecular complexity index is 2330. The van der Waals surface area contributed by atoms with Crippen molar-refractivity contribution in [3.8, 4) is 44.5 Å². The van der Waals surface area contributed by atoms with Gasteiger partial charge in [-0.2, -0.15) is 0 Å². The van der Waals surface area contributed by atoms with E-state index in [0.29, 0.717) is 0 Å². The molecule has 0 atom stereocenters. The number of rotatable bonds is 8. The monoisotopic (exact) mass is 640 g/mol. The van der Waals surface area contributed by atoms with Crippen molar-refractivity contribution in [2.24, 2.45) is 0 Å². The van der Waals surface area contributed by atoms with E-state index >= 15 is 0 Å². The van der Waals surface area contributed by atoms with E-state index in [2.05, 4.69) is 195 Å². The van der Waals surface area contributed by atoms with Gasteiger partial charge in [-0.15, -0.1) is 0 Å². The molecule has 0 unspecified atom stereocenters. The summed E-state index contributed by atoms with van der Waals surface area (Å²) >= 11 is 0. The first kappa shape index (κ1) is 32.3. The van der Waals surface area contributed by atoms with Crippen LogP contribution in [0.15, 0.2) is 207 Å². The van der Waals surface area contributed by atoms with Crippen molar-refractivity contribution < 1.29 is 0 Å². The highest BCUT2D eigenvalue weighted by molar-refractivity contribution is 6.02. The van der Waals surface area contributed by atoms with E-state index in [1.54, 1.807) is 6.08 Å². The van der Waals surface area contributed by atoms with E-state index in [0.717, 1.165) is 34.9 Å². The van der Waals surface area contributed by atoms with Crippen molar-refractivity contribution in [3.05, 3.63) is 218 Å². The fourth-order valence-electron chi connectivity index (χ4n) is 6.71. The molecule has 0 nitrogen and oxygen atoms in total. The largest absolute Gasteiger partial charge is 0.0991 e. The number of hydrogen-bond donors (Lipinski definition) is 0. The average molecular weight is 641 g/mol. The second-order valence-corrected chi connectivity index (χ2v) is 12.6. The lowest BCUT2D eigenvalue weighted by molar-refractivity contribution is 1.06. The van der Waals surface area contributed by atoms with Crippen molar-refractivity contribution >= 4 is 21.9 Å². The molecule has 6 aromatic rings. The van der Waals surface area contributed by atoms with Gasteiger partial charge in [0.15, 0.2) is 0 Å². The lowest BCUT2D eigenvalue weighted by Crippen LogP contribution is -1.91. The molecule has 0 amide bonds. The molecule has 0 aromatic heterocycles. The van der Waals surface area contributed by atoms with Crippen LogP contribution in [0.3, 0.4) is 0 Å². The molecule has 0 radical (unpaired) electrons. The predicted octanol–water partition coefficient (Wildman–Crippen LogP) is 14.1. The van der Waals surface area contributed by atoms with E-state index in [1.807, 2.05) is 6.08 Å². The molecule has 0 saturated carbocycles. The Hall–Kier alpha value is -6.24. The van der Waals surface area contributed by atoms with Gasteiger partial charge in [-0.25, -0.2) is 0 Å². The first-order valence-electron chi connectivity index (χ1n) is 17.3. The van der Waals surface area contributed by atoms with Crippen molar-refractivity contribution in [3.63, 3.8) is 0 Å². The molecule has 0 N–H and O–H groups in total. The molecule has 0 heterocycles. The summed E-state index contributed by atoms with van der Waals surface area (Å²) in [5.74, 6) is 0. The Labute approximate surface area is 296 Å². The molecule has 0 saturated heterocycles. The fraction of sp³-hybridized carbons (Fsp3) is 0.0400. The first-order valence-corrected chi connectivity index (χ1v) is 17.3. The second-order valence-electron chi connectivity index (χ2n) is 12.6. The van der Waals surface area contributed by atoms with Crippen molar-refractivity contribution in [2.45, 2.75) is 12.8 Å². The van der Waals surface area contributed by atoms with Crippen LogP contribution in [0.5, 0.6) is 0 Å². The van der Waals surface area contributed by atoms with Gasteiger partial charge in [0.25, 0.3) is 0 Å². The summed E-state index contributed by atoms with van der Waals surface area (Å²) in [5.41, 5.74) is 14.1. The van der Waals surface area contributed by atoms with Crippen molar-refractivity contribution in [1.82, 2.24) is 0 Å². The van der Waals surface area contributed by atoms with Crippen LogP contribution in [0.25, 0.3) is 66.4 Å². The molecule has 0 spiro atoms. The maximum Gasteiger partial charge on any atom is -0.00933 e. The number of fused-ring (bicyclic) bond motifs is 1. The second kappa shape index (κ2) is 15.3. The molecule has 6 aromatic carbocycles. The third-order valence-electron chi connectivity index (χ3n) is 9.31. The van der Waals surface area contributed by atoms with Gasteiger partial charge in [0.05, 0.1) is 0 Å². The lowest BCUT2D eigenvalue weighted by Gasteiger charge is -2.15. The summed E-state index contributed by atoms with van der Waals surface area (Å²) in [6.45, 7) is 8.48. The zero-order valence-electron chi connectivity index (χ0n) is 28.3. The highest BCUT2D eigenvalue weighted by Gasteiger charge is 2.12. The van der Waals surface area contributed by atoms with Crippen molar-refractivity contribution in [2.75, 3.05) is 0 Å². The summed E-state index contributed by atoms with van der Waals surface area (Å²) < 4.78 is 0. The molecular formula is C50H40. The lowest BCUT2D eigenvalue weighted by atomic mass is 9.89. The van der Waals surface area contributed by atoms with Crippen LogP contribution in [-0.2, 0) is 0 Å². The first-order chi connectivity index (χ1) is 24.7. The average Bonchev–Trinajstić information content (AvgIpc) is 3.19. The minimum atomic E-state index is 0.931. The summed E-state index contributed by atoms with van der Waals surface area (Å²) in [6.07, 6.45) is 14.5. The van der Waals surface area contributed by atoms with E-state index in [9.17, 15) is 0 Å². The van der Waals surface area contributed by atoms with Gasteiger partial charge in [-0.1, -0.05) is 189 Å². The molecule has 0 aliphatic heterocycles. The summed E-state index contributed by atoms with van der Waals surface area (Å²) in [5, 5.41) is 2.35. The SMILES string of the molecule is C=CC=CC(=C)c1cccc(-c2cccc(-c3ccccc3)c2)ccc(C2=CC=CCC2)c2ccc(-c3cccc(-c4ccccc4)c3)cc12. The van der Waals surface area contributed by atoms with Gasteiger partial charge in [0.2, 0.25) is 0 Å². The molecular weight excluding hydrogens is 601 g/mol. The van der Waals surface area contributed by atoms with E-state index < -0.39 is 0 Å². The maximum absolute atomic E-state index is 4.56. The van der Waals surface area contributed by atoms with Gasteiger partial charge in [0, 0.05) is 0 Å². The van der Waals surface area contributed by atoms with Crippen LogP contribution >= 0.6 is 0 Å². The van der Waals surface area contributed by atoms with Crippen LogP contribution in [0.1, 0.15) is 24.0 Å². The number of allylic oxidation sites excluding steroid dienone is 8. The minimum Gasteiger partial charge on any atom is -0.0991 e. The molecule has 50 heavy (non-hydrogen) atoms. The van der Waals surface area contributed by atoms with Gasteiger partial charge in [-0.3, -0.25) is 0 Å². The van der Waals surface area contributed by atoms with E-state index in [-0.39, 0.29) is 0 Å². The van der Waals surface area contributed by atoms with Gasteiger partial charge in [0.1, 0.15) is 0 Å². The van der Waals surface area contributed by atoms with Crippen LogP contribution in [-0.4, -0.2) is 0 Å². The smallest absolute Gasteiger partial charge is 0.00933 e. The van der Waals surface area contributed by atoms with Crippen molar-refractivity contribution in [1.29, 1.82) is 0 Å². The third kappa shape index (κ3) is 7.26. The molecule has 7 rings (SSSR count). The molecule has 1 aliphatic rings. The Balaban J connectivity index is 1.48. The van der Waals surface area contributed by atoms with Crippen LogP contribution < -0.4 is 0 Å². The molecule has 0 fully saturated rings. The van der Waals surface area contributed by atoms with Gasteiger partial charge in [-0.05, 0) is 109 Å². The number of benzene rings is 5. The minimum absolute atomic E-state index is 0.931. The molecule has 0 heteroatoms. The predicted molar refractivity (Wildman–Crippen MR) is 218 cm³/mol. The quantitative estimate of drug-likeness (QED) is 0.145. The Morgan fingerprint density at radius 3 is 1.62 bits per heavy atom. The van der Waals surface area contributed by atoms with E-state index in [4.69, 9.17) is 0 Å². The zero-order chi connectivity index (χ0) is 34.1. The standard InChI is InChI=1S/C50H40/c1-3-4-17-37(2)47-29-16-24-40(44-27-14-25-42(34-44)38-18-8-5-9-19-38)30-32-48(41-22-12-7-13-23-41)49-33-31-46(36-50(47)49)45-28-15-26-43(35-45)39-20-10-6-11-21-39/h3-12,14-22,24-36H,1-2,13,23H2. The van der Waals surface area contributed by atoms with Gasteiger partial charge >= 0.3 is 0 Å². The van der Waals surface area contributed by atoms with Gasteiger partial charge < -0.3 is 0 Å². The topological polar surface area (TPSA) is 0 Å². The highest BCUT2D eigenvalue weighted by Crippen LogP contribution is 2.36. The Morgan fingerprint density at radius 2 is 1.02 bits per heavy atom. The van der Waals surface area contributed by atoms with Crippen LogP contribution in [0.2, 0.25) is 0 Å². The summed E-state index contributed by atoms with van der Waals surface area (Å²) in [7, 11) is 0. The summed E-state index contributed by atoms with van der Waals surface area (Å²) in [6, 6.07) is 56.9. The summed E-state index contributed by atoms with van der Waals surface area (Å²) in [4.78, 5) is 0. The highest BCUT2D eigenvalue weighted by atomic mass is 14.2. The fourth-order valence-corrected chi connectivity index (χ4v) is 6.71. The van der Waals surface area contributed by atoms with Crippen LogP contribution in [0.4, 0.5) is 0 Å². The number of hydrogen-bond acceptors (Lipinski definition) is 0. The zero-order valence-corrected chi connectivity index (χ0v) is 28.3. The Kier molecular flexibility index (Phi) is 9.90. The molecule has 0 bridgehead atoms.